The first-order valence-corrected chi connectivity index (χ1v) is 13.5. The minimum Gasteiger partial charge on any atom is -0.496 e. The Hall–Kier alpha value is -3.82. The Morgan fingerprint density at radius 1 is 0.974 bits per heavy atom. The van der Waals surface area contributed by atoms with Gasteiger partial charge in [0.1, 0.15) is 11.5 Å². The molecule has 1 saturated heterocycles. The van der Waals surface area contributed by atoms with E-state index in [1.807, 2.05) is 36.1 Å². The second-order valence-electron chi connectivity index (χ2n) is 8.95. The summed E-state index contributed by atoms with van der Waals surface area (Å²) in [5, 5.41) is 6.46. The number of anilines is 2. The molecule has 1 fully saturated rings. The summed E-state index contributed by atoms with van der Waals surface area (Å²) in [6.45, 7) is 5.22. The predicted octanol–water partition coefficient (Wildman–Crippen LogP) is 5.23. The highest BCUT2D eigenvalue weighted by Gasteiger charge is 2.24. The molecule has 3 aromatic rings. The zero-order chi connectivity index (χ0) is 27.8. The van der Waals surface area contributed by atoms with Crippen LogP contribution in [-0.2, 0) is 0 Å². The molecule has 1 aliphatic heterocycles. The lowest BCUT2D eigenvalue weighted by molar-refractivity contribution is 0.0743. The molecule has 3 aromatic carbocycles. The summed E-state index contributed by atoms with van der Waals surface area (Å²) in [6.07, 6.45) is 0.918. The molecule has 1 aliphatic rings. The van der Waals surface area contributed by atoms with E-state index in [0.29, 0.717) is 54.7 Å². The Labute approximate surface area is 238 Å². The molecule has 0 saturated carbocycles. The molecule has 2 amide bonds. The standard InChI is InChI=1S/C29H31ClN4O4S/c1-3-18-38-24-11-4-20(5-12-24)27(35)32-29(39)31-22-7-9-23(10-8-22)33-14-16-34(17-15-33)28(36)25-19-21(30)6-13-26(25)37-2/h4-13,19H,3,14-18H2,1-2H3,(H2,31,32,35,39). The highest BCUT2D eigenvalue weighted by atomic mass is 35.5. The van der Waals surface area contributed by atoms with Crippen LogP contribution in [0.2, 0.25) is 5.02 Å². The van der Waals surface area contributed by atoms with Gasteiger partial charge in [-0.25, -0.2) is 0 Å². The monoisotopic (exact) mass is 566 g/mol. The number of rotatable bonds is 8. The average Bonchev–Trinajstić information content (AvgIpc) is 2.96. The normalized spacial score (nSPS) is 13.0. The van der Waals surface area contributed by atoms with Gasteiger partial charge in [-0.2, -0.15) is 0 Å². The van der Waals surface area contributed by atoms with Gasteiger partial charge in [-0.05, 0) is 85.4 Å². The number of hydrogen-bond donors (Lipinski definition) is 2. The number of piperazine rings is 1. The number of carbonyl (C=O) groups is 2. The van der Waals surface area contributed by atoms with Gasteiger partial charge in [0.2, 0.25) is 0 Å². The Balaban J connectivity index is 1.27. The number of ether oxygens (including phenoxy) is 2. The van der Waals surface area contributed by atoms with E-state index in [9.17, 15) is 9.59 Å². The zero-order valence-electron chi connectivity index (χ0n) is 21.9. The number of thiocarbonyl (C=S) groups is 1. The highest BCUT2D eigenvalue weighted by molar-refractivity contribution is 7.80. The number of carbonyl (C=O) groups excluding carboxylic acids is 2. The van der Waals surface area contributed by atoms with Gasteiger partial charge in [0.25, 0.3) is 11.8 Å². The van der Waals surface area contributed by atoms with Crippen LogP contribution in [0.25, 0.3) is 0 Å². The molecule has 1 heterocycles. The molecule has 8 nitrogen and oxygen atoms in total. The summed E-state index contributed by atoms with van der Waals surface area (Å²) in [7, 11) is 1.54. The summed E-state index contributed by atoms with van der Waals surface area (Å²) in [4.78, 5) is 29.6. The highest BCUT2D eigenvalue weighted by Crippen LogP contribution is 2.26. The van der Waals surface area contributed by atoms with Crippen LogP contribution in [0.4, 0.5) is 11.4 Å². The van der Waals surface area contributed by atoms with Crippen molar-refractivity contribution in [3.8, 4) is 11.5 Å². The number of methoxy groups -OCH3 is 1. The number of nitrogens with one attached hydrogen (secondary N) is 2. The number of benzene rings is 3. The fourth-order valence-electron chi connectivity index (χ4n) is 4.20. The third-order valence-corrected chi connectivity index (χ3v) is 6.70. The van der Waals surface area contributed by atoms with Crippen LogP contribution in [0.3, 0.4) is 0 Å². The summed E-state index contributed by atoms with van der Waals surface area (Å²) in [5.41, 5.74) is 2.75. The van der Waals surface area contributed by atoms with Crippen LogP contribution in [0.5, 0.6) is 11.5 Å². The maximum Gasteiger partial charge on any atom is 0.257 e. The minimum atomic E-state index is -0.297. The van der Waals surface area contributed by atoms with E-state index >= 15 is 0 Å². The second-order valence-corrected chi connectivity index (χ2v) is 9.80. The van der Waals surface area contributed by atoms with Crippen LogP contribution < -0.4 is 25.0 Å². The summed E-state index contributed by atoms with van der Waals surface area (Å²) >= 11 is 11.4. The number of hydrogen-bond acceptors (Lipinski definition) is 6. The summed E-state index contributed by atoms with van der Waals surface area (Å²) < 4.78 is 10.9. The SMILES string of the molecule is CCCOc1ccc(C(=O)NC(=S)Nc2ccc(N3CCN(C(=O)c4cc(Cl)ccc4OC)CC3)cc2)cc1. The first-order valence-electron chi connectivity index (χ1n) is 12.7. The Kier molecular flexibility index (Phi) is 9.62. The van der Waals surface area contributed by atoms with Crippen molar-refractivity contribution in [1.82, 2.24) is 10.2 Å². The van der Waals surface area contributed by atoms with E-state index in [0.717, 1.165) is 23.5 Å². The van der Waals surface area contributed by atoms with Gasteiger partial charge < -0.3 is 24.6 Å². The largest absolute Gasteiger partial charge is 0.496 e. The maximum absolute atomic E-state index is 13.1. The van der Waals surface area contributed by atoms with Crippen molar-refractivity contribution in [1.29, 1.82) is 0 Å². The topological polar surface area (TPSA) is 83.1 Å². The number of halogens is 1. The van der Waals surface area contributed by atoms with Gasteiger partial charge in [-0.3, -0.25) is 14.9 Å². The molecule has 0 aromatic heterocycles. The van der Waals surface area contributed by atoms with Gasteiger partial charge in [0.05, 0.1) is 19.3 Å². The molecule has 0 aliphatic carbocycles. The lowest BCUT2D eigenvalue weighted by Crippen LogP contribution is -2.48. The van der Waals surface area contributed by atoms with Crippen molar-refractivity contribution in [3.63, 3.8) is 0 Å². The average molecular weight is 567 g/mol. The zero-order valence-corrected chi connectivity index (χ0v) is 23.5. The molecule has 0 unspecified atom stereocenters. The Bertz CT molecular complexity index is 1310. The van der Waals surface area contributed by atoms with E-state index in [1.54, 1.807) is 49.6 Å². The molecule has 2 N–H and O–H groups in total. The third-order valence-electron chi connectivity index (χ3n) is 6.27. The summed E-state index contributed by atoms with van der Waals surface area (Å²) in [5.74, 6) is 0.848. The van der Waals surface area contributed by atoms with Crippen molar-refractivity contribution in [3.05, 3.63) is 82.9 Å². The fraction of sp³-hybridized carbons (Fsp3) is 0.276. The van der Waals surface area contributed by atoms with Gasteiger partial charge in [0.15, 0.2) is 5.11 Å². The molecule has 0 atom stereocenters. The number of nitrogens with zero attached hydrogens (tertiary/aromatic N) is 2. The van der Waals surface area contributed by atoms with Crippen LogP contribution in [-0.4, -0.2) is 61.7 Å². The lowest BCUT2D eigenvalue weighted by atomic mass is 10.1. The quantitative estimate of drug-likeness (QED) is 0.361. The summed E-state index contributed by atoms with van der Waals surface area (Å²) in [6, 6.07) is 19.8. The van der Waals surface area contributed by atoms with E-state index in [2.05, 4.69) is 15.5 Å². The van der Waals surface area contributed by atoms with E-state index < -0.39 is 0 Å². The Morgan fingerprint density at radius 2 is 1.67 bits per heavy atom. The van der Waals surface area contributed by atoms with Crippen LogP contribution in [0.15, 0.2) is 66.7 Å². The predicted molar refractivity (Wildman–Crippen MR) is 158 cm³/mol. The molecule has 39 heavy (non-hydrogen) atoms. The van der Waals surface area contributed by atoms with E-state index in [4.69, 9.17) is 33.3 Å². The second kappa shape index (κ2) is 13.3. The van der Waals surface area contributed by atoms with Crippen LogP contribution in [0.1, 0.15) is 34.1 Å². The van der Waals surface area contributed by atoms with Crippen molar-refractivity contribution in [2.24, 2.45) is 0 Å². The molecule has 4 rings (SSSR count). The fourth-order valence-corrected chi connectivity index (χ4v) is 4.58. The minimum absolute atomic E-state index is 0.0927. The van der Waals surface area contributed by atoms with Gasteiger partial charge >= 0.3 is 0 Å². The Morgan fingerprint density at radius 3 is 2.31 bits per heavy atom. The van der Waals surface area contributed by atoms with E-state index in [1.165, 1.54) is 0 Å². The van der Waals surface area contributed by atoms with Crippen molar-refractivity contribution < 1.29 is 19.1 Å². The van der Waals surface area contributed by atoms with Crippen molar-refractivity contribution in [2.75, 3.05) is 50.1 Å². The van der Waals surface area contributed by atoms with Gasteiger partial charge in [-0.1, -0.05) is 18.5 Å². The third kappa shape index (κ3) is 7.40. The van der Waals surface area contributed by atoms with Gasteiger partial charge in [0, 0.05) is 48.1 Å². The molecular weight excluding hydrogens is 536 g/mol. The van der Waals surface area contributed by atoms with Crippen LogP contribution in [0, 0.1) is 0 Å². The molecule has 10 heteroatoms. The van der Waals surface area contributed by atoms with E-state index in [-0.39, 0.29) is 16.9 Å². The molecule has 0 radical (unpaired) electrons. The molecule has 204 valence electrons. The van der Waals surface area contributed by atoms with Crippen molar-refractivity contribution in [2.45, 2.75) is 13.3 Å². The maximum atomic E-state index is 13.1. The van der Waals surface area contributed by atoms with Crippen molar-refractivity contribution >= 4 is 52.1 Å². The first-order chi connectivity index (χ1) is 18.9. The number of amides is 2. The lowest BCUT2D eigenvalue weighted by Gasteiger charge is -2.36. The van der Waals surface area contributed by atoms with Crippen LogP contribution >= 0.6 is 23.8 Å². The molecule has 0 bridgehead atoms. The first kappa shape index (κ1) is 28.2. The smallest absolute Gasteiger partial charge is 0.257 e. The molecular formula is C29H31ClN4O4S. The van der Waals surface area contributed by atoms with Gasteiger partial charge in [-0.15, -0.1) is 0 Å². The molecule has 0 spiro atoms.